The Morgan fingerprint density at radius 3 is 1.82 bits per heavy atom. The Kier molecular flexibility index (Phi) is 4.81. The lowest BCUT2D eigenvalue weighted by molar-refractivity contribution is 0.667. The van der Waals surface area contributed by atoms with Gasteiger partial charge in [-0.2, -0.15) is 0 Å². The maximum Gasteiger partial charge on any atom is 0.0548 e. The number of rotatable bonds is 3. The lowest BCUT2D eigenvalue weighted by Crippen LogP contribution is -2.06. The molecule has 0 radical (unpaired) electrons. The predicted octanol–water partition coefficient (Wildman–Crippen LogP) is 9.27. The molecule has 0 amide bonds. The minimum atomic E-state index is 1.14. The largest absolute Gasteiger partial charge is 0.313 e. The quantitative estimate of drug-likeness (QED) is 0.234. The molecule has 8 rings (SSSR count). The van der Waals surface area contributed by atoms with Crippen LogP contribution in [0.3, 0.4) is 0 Å². The standard InChI is InChI=1S/C36H28N2/c1-3-11-25(12-4-1)26-19-21-28(22-20-26)38-32-18-10-8-16-30(32)36-34(38)24-23-33-35(36)29-15-7-9-17-31(29)37(33)27-13-5-2-6-14-27/h1-6,8,10-14,16,18-24H,7,9,15,17H2. The number of aryl methyl sites for hydroxylation is 1. The Balaban J connectivity index is 1.43. The fourth-order valence-electron chi connectivity index (χ4n) is 6.68. The summed E-state index contributed by atoms with van der Waals surface area (Å²) in [5.41, 5.74) is 11.9. The molecule has 182 valence electrons. The zero-order chi connectivity index (χ0) is 25.1. The van der Waals surface area contributed by atoms with Gasteiger partial charge in [0.1, 0.15) is 0 Å². The van der Waals surface area contributed by atoms with Crippen molar-refractivity contribution in [3.05, 3.63) is 133 Å². The van der Waals surface area contributed by atoms with Gasteiger partial charge in [-0.3, -0.25) is 0 Å². The summed E-state index contributed by atoms with van der Waals surface area (Å²) in [6.07, 6.45) is 4.81. The zero-order valence-electron chi connectivity index (χ0n) is 21.3. The first-order valence-corrected chi connectivity index (χ1v) is 13.7. The van der Waals surface area contributed by atoms with Crippen LogP contribution in [0.4, 0.5) is 0 Å². The summed E-state index contributed by atoms with van der Waals surface area (Å²) in [5.74, 6) is 0. The minimum absolute atomic E-state index is 1.14. The summed E-state index contributed by atoms with van der Waals surface area (Å²) in [6, 6.07) is 44.2. The van der Waals surface area contributed by atoms with Crippen LogP contribution in [0.1, 0.15) is 24.1 Å². The molecule has 0 bridgehead atoms. The van der Waals surface area contributed by atoms with E-state index in [0.717, 1.165) is 12.8 Å². The summed E-state index contributed by atoms with van der Waals surface area (Å²) in [7, 11) is 0. The lowest BCUT2D eigenvalue weighted by Gasteiger charge is -2.16. The van der Waals surface area contributed by atoms with Crippen molar-refractivity contribution in [2.45, 2.75) is 25.7 Å². The van der Waals surface area contributed by atoms with Gasteiger partial charge in [0, 0.05) is 33.2 Å². The molecular weight excluding hydrogens is 460 g/mol. The van der Waals surface area contributed by atoms with Crippen LogP contribution in [-0.2, 0) is 12.8 Å². The van der Waals surface area contributed by atoms with Gasteiger partial charge in [0.2, 0.25) is 0 Å². The SMILES string of the molecule is c1ccc(-c2ccc(-n3c4ccccc4c4c5c6c(n(-c7ccccc7)c5ccc43)CCCC6)cc2)cc1. The molecule has 0 saturated carbocycles. The molecule has 2 nitrogen and oxygen atoms in total. The van der Waals surface area contributed by atoms with Crippen LogP contribution in [0.2, 0.25) is 0 Å². The molecule has 7 aromatic rings. The number of fused-ring (bicyclic) bond motifs is 7. The number of hydrogen-bond acceptors (Lipinski definition) is 0. The number of para-hydroxylation sites is 2. The molecule has 0 saturated heterocycles. The number of aromatic nitrogens is 2. The average molecular weight is 489 g/mol. The van der Waals surface area contributed by atoms with E-state index in [1.165, 1.54) is 73.7 Å². The van der Waals surface area contributed by atoms with E-state index < -0.39 is 0 Å². The highest BCUT2D eigenvalue weighted by molar-refractivity contribution is 6.22. The Bertz CT molecular complexity index is 1940. The number of hydrogen-bond donors (Lipinski definition) is 0. The van der Waals surface area contributed by atoms with Gasteiger partial charge in [-0.1, -0.05) is 78.9 Å². The highest BCUT2D eigenvalue weighted by Crippen LogP contribution is 2.43. The van der Waals surface area contributed by atoms with Crippen LogP contribution in [0, 0.1) is 0 Å². The molecule has 2 heteroatoms. The fraction of sp³-hybridized carbons (Fsp3) is 0.111. The molecule has 0 aliphatic heterocycles. The monoisotopic (exact) mass is 488 g/mol. The number of nitrogens with zero attached hydrogens (tertiary/aromatic N) is 2. The van der Waals surface area contributed by atoms with Gasteiger partial charge in [0.05, 0.1) is 16.6 Å². The second-order valence-corrected chi connectivity index (χ2v) is 10.4. The van der Waals surface area contributed by atoms with E-state index in [1.807, 2.05) is 0 Å². The van der Waals surface area contributed by atoms with E-state index >= 15 is 0 Å². The summed E-state index contributed by atoms with van der Waals surface area (Å²) in [5, 5.41) is 4.16. The molecule has 0 spiro atoms. The molecule has 0 atom stereocenters. The van der Waals surface area contributed by atoms with Crippen molar-refractivity contribution in [3.8, 4) is 22.5 Å². The summed E-state index contributed by atoms with van der Waals surface area (Å²) in [4.78, 5) is 0. The summed E-state index contributed by atoms with van der Waals surface area (Å²) < 4.78 is 4.98. The fourth-order valence-corrected chi connectivity index (χ4v) is 6.68. The van der Waals surface area contributed by atoms with Crippen LogP contribution in [0.15, 0.2) is 121 Å². The van der Waals surface area contributed by atoms with Crippen LogP contribution in [0.25, 0.3) is 55.2 Å². The minimum Gasteiger partial charge on any atom is -0.313 e. The second kappa shape index (κ2) is 8.49. The van der Waals surface area contributed by atoms with Crippen LogP contribution in [0.5, 0.6) is 0 Å². The molecule has 38 heavy (non-hydrogen) atoms. The Morgan fingerprint density at radius 1 is 0.421 bits per heavy atom. The molecule has 5 aromatic carbocycles. The van der Waals surface area contributed by atoms with E-state index in [0.29, 0.717) is 0 Å². The topological polar surface area (TPSA) is 9.86 Å². The molecule has 0 unspecified atom stereocenters. The van der Waals surface area contributed by atoms with Crippen molar-refractivity contribution in [1.29, 1.82) is 0 Å². The Hall–Kier alpha value is -4.56. The lowest BCUT2D eigenvalue weighted by atomic mass is 9.94. The van der Waals surface area contributed by atoms with E-state index in [9.17, 15) is 0 Å². The predicted molar refractivity (Wildman–Crippen MR) is 160 cm³/mol. The van der Waals surface area contributed by atoms with E-state index in [2.05, 4.69) is 130 Å². The zero-order valence-corrected chi connectivity index (χ0v) is 21.3. The maximum absolute atomic E-state index is 2.53. The van der Waals surface area contributed by atoms with Crippen molar-refractivity contribution < 1.29 is 0 Å². The van der Waals surface area contributed by atoms with Crippen molar-refractivity contribution >= 4 is 32.7 Å². The molecule has 0 fully saturated rings. The van der Waals surface area contributed by atoms with Crippen LogP contribution >= 0.6 is 0 Å². The summed E-state index contributed by atoms with van der Waals surface area (Å²) >= 11 is 0. The average Bonchev–Trinajstić information content (AvgIpc) is 3.51. The van der Waals surface area contributed by atoms with Gasteiger partial charge < -0.3 is 9.13 Å². The third kappa shape index (κ3) is 3.13. The van der Waals surface area contributed by atoms with Crippen molar-refractivity contribution in [2.24, 2.45) is 0 Å². The third-order valence-electron chi connectivity index (χ3n) is 8.31. The third-order valence-corrected chi connectivity index (χ3v) is 8.31. The van der Waals surface area contributed by atoms with Crippen molar-refractivity contribution in [3.63, 3.8) is 0 Å². The van der Waals surface area contributed by atoms with Gasteiger partial charge >= 0.3 is 0 Å². The molecular formula is C36H28N2. The normalized spacial score (nSPS) is 13.4. The Morgan fingerprint density at radius 2 is 1.03 bits per heavy atom. The van der Waals surface area contributed by atoms with Gasteiger partial charge in [-0.05, 0) is 84.8 Å². The van der Waals surface area contributed by atoms with Crippen LogP contribution in [-0.4, -0.2) is 9.13 Å². The van der Waals surface area contributed by atoms with Crippen LogP contribution < -0.4 is 0 Å². The number of benzene rings is 5. The molecule has 0 N–H and O–H groups in total. The highest BCUT2D eigenvalue weighted by Gasteiger charge is 2.25. The Labute approximate surface area is 222 Å². The van der Waals surface area contributed by atoms with Gasteiger partial charge in [-0.25, -0.2) is 0 Å². The highest BCUT2D eigenvalue weighted by atomic mass is 15.0. The van der Waals surface area contributed by atoms with Gasteiger partial charge in [0.15, 0.2) is 0 Å². The van der Waals surface area contributed by atoms with E-state index in [4.69, 9.17) is 0 Å². The van der Waals surface area contributed by atoms with Crippen molar-refractivity contribution in [1.82, 2.24) is 9.13 Å². The first-order chi connectivity index (χ1) is 18.9. The summed E-state index contributed by atoms with van der Waals surface area (Å²) in [6.45, 7) is 0. The molecule has 1 aliphatic rings. The molecule has 2 aromatic heterocycles. The van der Waals surface area contributed by atoms with Gasteiger partial charge in [0.25, 0.3) is 0 Å². The van der Waals surface area contributed by atoms with Crippen molar-refractivity contribution in [2.75, 3.05) is 0 Å². The van der Waals surface area contributed by atoms with E-state index in [-0.39, 0.29) is 0 Å². The van der Waals surface area contributed by atoms with E-state index in [1.54, 1.807) is 5.56 Å². The molecule has 2 heterocycles. The maximum atomic E-state index is 2.53. The first kappa shape index (κ1) is 21.5. The smallest absolute Gasteiger partial charge is 0.0548 e. The second-order valence-electron chi connectivity index (χ2n) is 10.4. The molecule has 1 aliphatic carbocycles. The first-order valence-electron chi connectivity index (χ1n) is 13.7. The van der Waals surface area contributed by atoms with Gasteiger partial charge in [-0.15, -0.1) is 0 Å².